The molecule has 0 aromatic heterocycles. The van der Waals surface area contributed by atoms with Gasteiger partial charge in [-0.15, -0.1) is 0 Å². The van der Waals surface area contributed by atoms with Gasteiger partial charge in [0, 0.05) is 31.2 Å². The van der Waals surface area contributed by atoms with E-state index >= 15 is 0 Å². The number of primary amides is 1. The lowest BCUT2D eigenvalue weighted by Gasteiger charge is -2.30. The minimum atomic E-state index is -3.41. The zero-order chi connectivity index (χ0) is 24.1. The van der Waals surface area contributed by atoms with E-state index in [1.54, 1.807) is 0 Å². The highest BCUT2D eigenvalue weighted by Gasteiger charge is 2.31. The summed E-state index contributed by atoms with van der Waals surface area (Å²) in [6.45, 7) is 2.12. The second-order valence-electron chi connectivity index (χ2n) is 9.14. The number of carbonyl (C=O) groups is 2. The van der Waals surface area contributed by atoms with E-state index in [0.29, 0.717) is 38.2 Å². The Morgan fingerprint density at radius 2 is 1.65 bits per heavy atom. The van der Waals surface area contributed by atoms with E-state index in [1.165, 1.54) is 4.31 Å². The van der Waals surface area contributed by atoms with Crippen LogP contribution in [0, 0.1) is 5.92 Å². The van der Waals surface area contributed by atoms with Crippen molar-refractivity contribution in [2.75, 3.05) is 25.0 Å². The molecule has 0 radical (unpaired) electrons. The van der Waals surface area contributed by atoms with Crippen molar-refractivity contribution in [3.63, 3.8) is 0 Å². The number of benzene rings is 2. The molecule has 1 unspecified atom stereocenters. The molecular formula is C25H32N4O4S. The first kappa shape index (κ1) is 24.4. The maximum atomic E-state index is 12.9. The van der Waals surface area contributed by atoms with Crippen molar-refractivity contribution in [2.24, 2.45) is 11.7 Å². The summed E-state index contributed by atoms with van der Waals surface area (Å²) in [5.41, 5.74) is 7.99. The zero-order valence-corrected chi connectivity index (χ0v) is 20.0. The van der Waals surface area contributed by atoms with Gasteiger partial charge in [-0.05, 0) is 55.5 Å². The molecule has 8 nitrogen and oxygen atoms in total. The van der Waals surface area contributed by atoms with Gasteiger partial charge in [-0.25, -0.2) is 12.7 Å². The molecule has 2 aromatic carbocycles. The van der Waals surface area contributed by atoms with Crippen LogP contribution in [-0.4, -0.2) is 55.1 Å². The lowest BCUT2D eigenvalue weighted by molar-refractivity contribution is -0.122. The molecule has 3 N–H and O–H groups in total. The molecule has 9 heteroatoms. The zero-order valence-electron chi connectivity index (χ0n) is 19.2. The number of nitrogens with one attached hydrogen (secondary N) is 1. The number of hydrogen-bond donors (Lipinski definition) is 2. The monoisotopic (exact) mass is 484 g/mol. The van der Waals surface area contributed by atoms with Crippen molar-refractivity contribution in [3.8, 4) is 0 Å². The van der Waals surface area contributed by atoms with Gasteiger partial charge in [0.1, 0.15) is 0 Å². The minimum Gasteiger partial charge on any atom is -0.368 e. The fraction of sp³-hybridized carbons (Fsp3) is 0.440. The normalized spacial score (nSPS) is 20.3. The van der Waals surface area contributed by atoms with Crippen molar-refractivity contribution in [1.29, 1.82) is 0 Å². The van der Waals surface area contributed by atoms with E-state index in [0.717, 1.165) is 30.5 Å². The number of nitrogens with zero attached hydrogens (tertiary/aromatic N) is 2. The Balaban J connectivity index is 1.30. The molecule has 2 amide bonds. The van der Waals surface area contributed by atoms with Gasteiger partial charge in [0.05, 0.1) is 11.8 Å². The van der Waals surface area contributed by atoms with E-state index in [1.807, 2.05) is 54.6 Å². The Kier molecular flexibility index (Phi) is 7.65. The summed E-state index contributed by atoms with van der Waals surface area (Å²) in [5.74, 6) is -0.636. The van der Waals surface area contributed by atoms with Crippen LogP contribution in [0.2, 0.25) is 0 Å². The molecule has 182 valence electrons. The predicted molar refractivity (Wildman–Crippen MR) is 131 cm³/mol. The molecule has 2 aliphatic rings. The Hall–Kier alpha value is -2.75. The van der Waals surface area contributed by atoms with Gasteiger partial charge in [0.15, 0.2) is 0 Å². The van der Waals surface area contributed by atoms with Crippen LogP contribution in [-0.2, 0) is 31.9 Å². The summed E-state index contributed by atoms with van der Waals surface area (Å²) in [7, 11) is -3.41. The van der Waals surface area contributed by atoms with Gasteiger partial charge in [0.2, 0.25) is 21.8 Å². The molecule has 1 atom stereocenters. The molecule has 0 aliphatic carbocycles. The second-order valence-corrected chi connectivity index (χ2v) is 11.1. The highest BCUT2D eigenvalue weighted by atomic mass is 32.2. The van der Waals surface area contributed by atoms with Gasteiger partial charge in [0.25, 0.3) is 0 Å². The second kappa shape index (κ2) is 10.7. The largest absolute Gasteiger partial charge is 0.368 e. The summed E-state index contributed by atoms with van der Waals surface area (Å²) in [6.07, 6.45) is 2.72. The van der Waals surface area contributed by atoms with Crippen LogP contribution in [0.1, 0.15) is 36.8 Å². The Morgan fingerprint density at radius 3 is 2.35 bits per heavy atom. The summed E-state index contributed by atoms with van der Waals surface area (Å²) in [6, 6.07) is 16.5. The number of piperidine rings is 1. The third kappa shape index (κ3) is 6.02. The molecule has 34 heavy (non-hydrogen) atoms. The molecule has 0 spiro atoms. The Labute approximate surface area is 201 Å². The van der Waals surface area contributed by atoms with E-state index in [-0.39, 0.29) is 29.5 Å². The van der Waals surface area contributed by atoms with E-state index in [9.17, 15) is 18.0 Å². The molecule has 0 bridgehead atoms. The topological polar surface area (TPSA) is 113 Å². The Bertz CT molecular complexity index is 1110. The molecule has 2 aliphatic heterocycles. The molecular weight excluding hydrogens is 452 g/mol. The highest BCUT2D eigenvalue weighted by Crippen LogP contribution is 2.25. The molecule has 2 heterocycles. The number of rotatable bonds is 8. The molecule has 0 saturated carbocycles. The number of hydrogen-bond acceptors (Lipinski definition) is 5. The standard InChI is InChI=1S/C25H32N4O4S/c26-24(30)23-10-5-13-28(23)17-20-8-4-9-22(16-20)27-25(31)21-11-14-29(15-12-21)34(32,33)18-19-6-2-1-3-7-19/h1-4,6-9,16,21,23H,5,10-15,17-18H2,(H2,26,30)(H,27,31). The average molecular weight is 485 g/mol. The summed E-state index contributed by atoms with van der Waals surface area (Å²) < 4.78 is 27.0. The summed E-state index contributed by atoms with van der Waals surface area (Å²) in [4.78, 5) is 26.6. The van der Waals surface area contributed by atoms with Crippen molar-refractivity contribution in [3.05, 3.63) is 65.7 Å². The van der Waals surface area contributed by atoms with Gasteiger partial charge < -0.3 is 11.1 Å². The Morgan fingerprint density at radius 1 is 0.941 bits per heavy atom. The van der Waals surface area contributed by atoms with Gasteiger partial charge in [-0.2, -0.15) is 0 Å². The third-order valence-corrected chi connectivity index (χ3v) is 8.53. The molecule has 2 fully saturated rings. The number of likely N-dealkylation sites (tertiary alicyclic amines) is 1. The van der Waals surface area contributed by atoms with Gasteiger partial charge in [-0.3, -0.25) is 14.5 Å². The number of sulfonamides is 1. The number of carbonyl (C=O) groups excluding carboxylic acids is 2. The number of anilines is 1. The van der Waals surface area contributed by atoms with E-state index in [4.69, 9.17) is 5.73 Å². The average Bonchev–Trinajstić information content (AvgIpc) is 3.28. The van der Waals surface area contributed by atoms with Crippen molar-refractivity contribution in [1.82, 2.24) is 9.21 Å². The maximum Gasteiger partial charge on any atom is 0.234 e. The first-order valence-electron chi connectivity index (χ1n) is 11.8. The fourth-order valence-corrected chi connectivity index (χ4v) is 6.40. The lowest BCUT2D eigenvalue weighted by atomic mass is 9.97. The van der Waals surface area contributed by atoms with Crippen molar-refractivity contribution < 1.29 is 18.0 Å². The van der Waals surface area contributed by atoms with Crippen LogP contribution in [0.3, 0.4) is 0 Å². The highest BCUT2D eigenvalue weighted by molar-refractivity contribution is 7.88. The van der Waals surface area contributed by atoms with Gasteiger partial charge >= 0.3 is 0 Å². The smallest absolute Gasteiger partial charge is 0.234 e. The van der Waals surface area contributed by atoms with Crippen molar-refractivity contribution in [2.45, 2.75) is 44.0 Å². The quantitative estimate of drug-likeness (QED) is 0.597. The lowest BCUT2D eigenvalue weighted by Crippen LogP contribution is -2.41. The summed E-state index contributed by atoms with van der Waals surface area (Å²) in [5, 5.41) is 2.99. The van der Waals surface area contributed by atoms with Crippen LogP contribution < -0.4 is 11.1 Å². The van der Waals surface area contributed by atoms with Crippen LogP contribution in [0.15, 0.2) is 54.6 Å². The summed E-state index contributed by atoms with van der Waals surface area (Å²) >= 11 is 0. The first-order chi connectivity index (χ1) is 16.3. The van der Waals surface area contributed by atoms with Crippen molar-refractivity contribution >= 4 is 27.5 Å². The predicted octanol–water partition coefficient (Wildman–Crippen LogP) is 2.32. The maximum absolute atomic E-state index is 12.9. The molecule has 4 rings (SSSR count). The minimum absolute atomic E-state index is 0.0227. The van der Waals surface area contributed by atoms with E-state index < -0.39 is 10.0 Å². The first-order valence-corrected chi connectivity index (χ1v) is 13.4. The van der Waals surface area contributed by atoms with Crippen LogP contribution in [0.4, 0.5) is 5.69 Å². The van der Waals surface area contributed by atoms with Crippen LogP contribution in [0.5, 0.6) is 0 Å². The van der Waals surface area contributed by atoms with Gasteiger partial charge in [-0.1, -0.05) is 42.5 Å². The third-order valence-electron chi connectivity index (χ3n) is 6.68. The SMILES string of the molecule is NC(=O)C1CCCN1Cc1cccc(NC(=O)C2CCN(S(=O)(=O)Cc3ccccc3)CC2)c1. The molecule has 2 saturated heterocycles. The van der Waals surface area contributed by atoms with Crippen LogP contribution in [0.25, 0.3) is 0 Å². The number of nitrogens with two attached hydrogens (primary N) is 1. The van der Waals surface area contributed by atoms with E-state index in [2.05, 4.69) is 10.2 Å². The molecule has 2 aromatic rings. The van der Waals surface area contributed by atoms with Crippen LogP contribution >= 0.6 is 0 Å². The fourth-order valence-electron chi connectivity index (χ4n) is 4.84. The number of amides is 2.